The number of aliphatic hydroxyl groups is 1. The molecule has 2 heterocycles. The Balaban J connectivity index is 1.67. The van der Waals surface area contributed by atoms with Gasteiger partial charge in [0.25, 0.3) is 0 Å². The number of benzene rings is 2. The number of rotatable bonds is 7. The topological polar surface area (TPSA) is 95.0 Å². The molecular weight excluding hydrogens is 384 g/mol. The van der Waals surface area contributed by atoms with E-state index in [0.29, 0.717) is 12.3 Å². The van der Waals surface area contributed by atoms with Gasteiger partial charge in [-0.05, 0) is 66.3 Å². The second-order valence-corrected chi connectivity index (χ2v) is 7.54. The van der Waals surface area contributed by atoms with Gasteiger partial charge in [-0.25, -0.2) is 4.79 Å². The summed E-state index contributed by atoms with van der Waals surface area (Å²) in [5.74, 6) is 0.168. The lowest BCUT2D eigenvalue weighted by molar-refractivity contribution is 0.0569. The standard InChI is InChI=1S/C23H26N2O5/c1-29-16-4-5-20-17(10-16)15(12-24-20)3-6-21-18-11-19(23(27)28)22(30-2)9-14(18)7-8-25(21)13-26/h4-5,9-12,21,24,26H,3,6-8,13H2,1-2H3,(H,27,28)/t21-/m0/s1. The number of hydrogen-bond donors (Lipinski definition) is 3. The van der Waals surface area contributed by atoms with Gasteiger partial charge in [-0.3, -0.25) is 4.90 Å². The van der Waals surface area contributed by atoms with Crippen molar-refractivity contribution in [3.8, 4) is 11.5 Å². The minimum atomic E-state index is -1.02. The van der Waals surface area contributed by atoms with Crippen LogP contribution in [-0.4, -0.2) is 53.6 Å². The molecule has 0 saturated heterocycles. The van der Waals surface area contributed by atoms with Gasteiger partial charge in [0.1, 0.15) is 17.1 Å². The summed E-state index contributed by atoms with van der Waals surface area (Å²) in [7, 11) is 3.14. The van der Waals surface area contributed by atoms with Crippen LogP contribution in [0, 0.1) is 0 Å². The SMILES string of the molecule is COc1ccc2[nH]cc(CC[C@H]3c4cc(C(=O)O)c(OC)cc4CCN3CO)c2c1. The van der Waals surface area contributed by atoms with Crippen LogP contribution in [0.3, 0.4) is 0 Å². The number of fused-ring (bicyclic) bond motifs is 2. The van der Waals surface area contributed by atoms with E-state index in [-0.39, 0.29) is 18.3 Å². The number of aromatic carboxylic acids is 1. The zero-order chi connectivity index (χ0) is 21.3. The lowest BCUT2D eigenvalue weighted by Gasteiger charge is -2.36. The highest BCUT2D eigenvalue weighted by molar-refractivity contribution is 5.91. The third kappa shape index (κ3) is 3.62. The number of ether oxygens (including phenoxy) is 2. The molecule has 158 valence electrons. The fraction of sp³-hybridized carbons (Fsp3) is 0.348. The maximum absolute atomic E-state index is 11.7. The lowest BCUT2D eigenvalue weighted by Crippen LogP contribution is -2.36. The summed E-state index contributed by atoms with van der Waals surface area (Å²) < 4.78 is 10.6. The number of aliphatic hydroxyl groups excluding tert-OH is 1. The number of hydrogen-bond acceptors (Lipinski definition) is 5. The molecule has 0 fully saturated rings. The molecule has 1 aliphatic rings. The van der Waals surface area contributed by atoms with E-state index in [1.807, 2.05) is 35.4 Å². The molecule has 3 N–H and O–H groups in total. The summed E-state index contributed by atoms with van der Waals surface area (Å²) in [6.07, 6.45) is 4.28. The molecule has 0 radical (unpaired) electrons. The predicted octanol–water partition coefficient (Wildman–Crippen LogP) is 3.37. The average molecular weight is 410 g/mol. The first-order chi connectivity index (χ1) is 14.5. The molecule has 0 amide bonds. The fourth-order valence-corrected chi connectivity index (χ4v) is 4.41. The maximum Gasteiger partial charge on any atom is 0.339 e. The summed E-state index contributed by atoms with van der Waals surface area (Å²) in [4.78, 5) is 17.0. The second kappa shape index (κ2) is 8.38. The Hall–Kier alpha value is -3.03. The quantitative estimate of drug-likeness (QED) is 0.553. The first-order valence-corrected chi connectivity index (χ1v) is 9.98. The highest BCUT2D eigenvalue weighted by Gasteiger charge is 2.29. The number of H-pyrrole nitrogens is 1. The minimum Gasteiger partial charge on any atom is -0.497 e. The van der Waals surface area contributed by atoms with Crippen molar-refractivity contribution in [3.05, 3.63) is 58.8 Å². The minimum absolute atomic E-state index is 0.0692. The van der Waals surface area contributed by atoms with Crippen LogP contribution < -0.4 is 9.47 Å². The molecule has 30 heavy (non-hydrogen) atoms. The van der Waals surface area contributed by atoms with Crippen LogP contribution in [0.2, 0.25) is 0 Å². The van der Waals surface area contributed by atoms with Gasteiger partial charge in [0.05, 0.1) is 21.0 Å². The Kier molecular flexibility index (Phi) is 5.65. The van der Waals surface area contributed by atoms with Crippen molar-refractivity contribution < 1.29 is 24.5 Å². The molecule has 0 unspecified atom stereocenters. The molecule has 3 aromatic rings. The maximum atomic E-state index is 11.7. The Labute approximate surface area is 174 Å². The number of methoxy groups -OCH3 is 2. The molecule has 0 bridgehead atoms. The van der Waals surface area contributed by atoms with Gasteiger partial charge in [-0.15, -0.1) is 0 Å². The van der Waals surface area contributed by atoms with Crippen LogP contribution >= 0.6 is 0 Å². The zero-order valence-electron chi connectivity index (χ0n) is 17.1. The van der Waals surface area contributed by atoms with Crippen LogP contribution in [0.25, 0.3) is 10.9 Å². The van der Waals surface area contributed by atoms with Gasteiger partial charge >= 0.3 is 5.97 Å². The summed E-state index contributed by atoms with van der Waals surface area (Å²) in [5, 5.41) is 20.6. The van der Waals surface area contributed by atoms with E-state index in [2.05, 4.69) is 4.98 Å². The number of aryl methyl sites for hydroxylation is 1. The molecule has 4 rings (SSSR count). The summed E-state index contributed by atoms with van der Waals surface area (Å²) in [5.41, 5.74) is 4.39. The van der Waals surface area contributed by atoms with Crippen LogP contribution in [0.5, 0.6) is 11.5 Å². The van der Waals surface area contributed by atoms with Crippen molar-refractivity contribution in [1.82, 2.24) is 9.88 Å². The summed E-state index contributed by atoms with van der Waals surface area (Å²) >= 11 is 0. The van der Waals surface area contributed by atoms with Gasteiger partial charge in [0.15, 0.2) is 0 Å². The number of nitrogens with zero attached hydrogens (tertiary/aromatic N) is 1. The van der Waals surface area contributed by atoms with E-state index in [1.165, 1.54) is 12.7 Å². The average Bonchev–Trinajstić information content (AvgIpc) is 3.18. The molecule has 0 spiro atoms. The largest absolute Gasteiger partial charge is 0.497 e. The molecule has 7 nitrogen and oxygen atoms in total. The van der Waals surface area contributed by atoms with Crippen LogP contribution in [-0.2, 0) is 12.8 Å². The second-order valence-electron chi connectivity index (χ2n) is 7.54. The van der Waals surface area contributed by atoms with Crippen LogP contribution in [0.4, 0.5) is 0 Å². The first-order valence-electron chi connectivity index (χ1n) is 9.98. The summed E-state index contributed by atoms with van der Waals surface area (Å²) in [6.45, 7) is 0.645. The van der Waals surface area contributed by atoms with Gasteiger partial charge < -0.3 is 24.7 Å². The Morgan fingerprint density at radius 1 is 1.23 bits per heavy atom. The summed E-state index contributed by atoms with van der Waals surface area (Å²) in [6, 6.07) is 9.41. The highest BCUT2D eigenvalue weighted by atomic mass is 16.5. The van der Waals surface area contributed by atoms with Crippen molar-refractivity contribution in [1.29, 1.82) is 0 Å². The van der Waals surface area contributed by atoms with Gasteiger partial charge in [-0.2, -0.15) is 0 Å². The monoisotopic (exact) mass is 410 g/mol. The zero-order valence-corrected chi connectivity index (χ0v) is 17.1. The van der Waals surface area contributed by atoms with Crippen molar-refractivity contribution in [2.24, 2.45) is 0 Å². The number of carbonyl (C=O) groups is 1. The van der Waals surface area contributed by atoms with Crippen LogP contribution in [0.15, 0.2) is 36.5 Å². The molecular formula is C23H26N2O5. The Morgan fingerprint density at radius 2 is 2.07 bits per heavy atom. The van der Waals surface area contributed by atoms with E-state index in [9.17, 15) is 15.0 Å². The normalized spacial score (nSPS) is 16.4. The Morgan fingerprint density at radius 3 is 2.77 bits per heavy atom. The van der Waals surface area contributed by atoms with Crippen LogP contribution in [0.1, 0.15) is 39.5 Å². The van der Waals surface area contributed by atoms with Crippen molar-refractivity contribution in [2.75, 3.05) is 27.5 Å². The van der Waals surface area contributed by atoms with Crippen molar-refractivity contribution >= 4 is 16.9 Å². The Bertz CT molecular complexity index is 1070. The molecule has 2 aromatic carbocycles. The van der Waals surface area contributed by atoms with Gasteiger partial charge in [0.2, 0.25) is 0 Å². The number of carboxylic acids is 1. The van der Waals surface area contributed by atoms with Crippen molar-refractivity contribution in [2.45, 2.75) is 25.3 Å². The van der Waals surface area contributed by atoms with E-state index in [1.54, 1.807) is 13.2 Å². The van der Waals surface area contributed by atoms with E-state index in [4.69, 9.17) is 9.47 Å². The van der Waals surface area contributed by atoms with E-state index in [0.717, 1.165) is 47.0 Å². The lowest BCUT2D eigenvalue weighted by atomic mass is 9.87. The number of carboxylic acid groups (broad SMARTS) is 1. The molecule has 0 saturated carbocycles. The third-order valence-corrected chi connectivity index (χ3v) is 6.00. The fourth-order valence-electron chi connectivity index (χ4n) is 4.41. The van der Waals surface area contributed by atoms with E-state index < -0.39 is 5.97 Å². The molecule has 1 aromatic heterocycles. The molecule has 7 heteroatoms. The molecule has 1 aliphatic heterocycles. The van der Waals surface area contributed by atoms with Gasteiger partial charge in [-0.1, -0.05) is 0 Å². The number of nitrogens with one attached hydrogen (secondary N) is 1. The van der Waals surface area contributed by atoms with Gasteiger partial charge in [0, 0.05) is 29.7 Å². The van der Waals surface area contributed by atoms with E-state index >= 15 is 0 Å². The smallest absolute Gasteiger partial charge is 0.339 e. The molecule has 0 aliphatic carbocycles. The van der Waals surface area contributed by atoms with Crippen molar-refractivity contribution in [3.63, 3.8) is 0 Å². The predicted molar refractivity (Wildman–Crippen MR) is 113 cm³/mol. The number of aromatic amines is 1. The highest BCUT2D eigenvalue weighted by Crippen LogP contribution is 2.37. The number of aromatic nitrogens is 1. The third-order valence-electron chi connectivity index (χ3n) is 6.00. The molecule has 1 atom stereocenters. The first kappa shape index (κ1) is 20.3.